The van der Waals surface area contributed by atoms with Gasteiger partial charge in [-0.15, -0.1) is 11.6 Å². The molecule has 0 bridgehead atoms. The molecule has 4 N–H and O–H groups in total. The Balaban J connectivity index is 1.91. The molecule has 0 radical (unpaired) electrons. The molecule has 1 unspecified atom stereocenters. The van der Waals surface area contributed by atoms with Crippen LogP contribution in [0.15, 0.2) is 72.6 Å². The molecule has 0 fully saturated rings. The molecule has 3 rings (SSSR count). The minimum Gasteiger partial charge on any atom is -0.366 e. The Bertz CT molecular complexity index is 948. The van der Waals surface area contributed by atoms with E-state index in [0.29, 0.717) is 6.54 Å². The Labute approximate surface area is 165 Å². The normalized spacial score (nSPS) is 18.5. The zero-order valence-corrected chi connectivity index (χ0v) is 16.2. The summed E-state index contributed by atoms with van der Waals surface area (Å²) in [7, 11) is 0. The second kappa shape index (κ2) is 9.40. The van der Waals surface area contributed by atoms with Gasteiger partial charge in [0.25, 0.3) is 0 Å². The molecule has 0 saturated carbocycles. The van der Waals surface area contributed by atoms with Gasteiger partial charge in [-0.3, -0.25) is 4.98 Å². The van der Waals surface area contributed by atoms with Crippen LogP contribution in [-0.2, 0) is 6.42 Å². The van der Waals surface area contributed by atoms with Gasteiger partial charge in [-0.05, 0) is 48.3 Å². The molecule has 2 aromatic rings. The zero-order valence-electron chi connectivity index (χ0n) is 15.5. The van der Waals surface area contributed by atoms with Gasteiger partial charge in [0.2, 0.25) is 0 Å². The van der Waals surface area contributed by atoms with Crippen molar-refractivity contribution in [2.45, 2.75) is 25.1 Å². The van der Waals surface area contributed by atoms with Gasteiger partial charge in [-0.1, -0.05) is 48.1 Å². The number of nitrogens with zero attached hydrogens (tertiary/aromatic N) is 1. The van der Waals surface area contributed by atoms with Crippen molar-refractivity contribution >= 4 is 23.0 Å². The summed E-state index contributed by atoms with van der Waals surface area (Å²) in [6.45, 7) is 2.85. The summed E-state index contributed by atoms with van der Waals surface area (Å²) < 4.78 is 0. The molecule has 1 aromatic heterocycles. The van der Waals surface area contributed by atoms with Crippen LogP contribution in [0.3, 0.4) is 0 Å². The topological polar surface area (TPSA) is 63.0 Å². The fourth-order valence-corrected chi connectivity index (χ4v) is 3.32. The van der Waals surface area contributed by atoms with Crippen molar-refractivity contribution < 1.29 is 0 Å². The quantitative estimate of drug-likeness (QED) is 0.408. The second-order valence-electron chi connectivity index (χ2n) is 6.62. The van der Waals surface area contributed by atoms with Crippen LogP contribution in [0.4, 0.5) is 0 Å². The van der Waals surface area contributed by atoms with Crippen LogP contribution < -0.4 is 27.0 Å². The number of nitrogens with two attached hydrogens (primary N) is 1. The largest absolute Gasteiger partial charge is 0.366 e. The van der Waals surface area contributed by atoms with E-state index in [4.69, 9.17) is 17.4 Å². The minimum atomic E-state index is 0.0935. The van der Waals surface area contributed by atoms with Crippen LogP contribution in [-0.4, -0.2) is 16.9 Å². The van der Waals surface area contributed by atoms with Crippen molar-refractivity contribution in [1.82, 2.24) is 15.7 Å². The van der Waals surface area contributed by atoms with Crippen molar-refractivity contribution in [3.8, 4) is 0 Å². The molecular formula is C22H25ClN4. The van der Waals surface area contributed by atoms with E-state index in [-0.39, 0.29) is 5.38 Å². The lowest BCUT2D eigenvalue weighted by Crippen LogP contribution is -2.42. The molecule has 1 atom stereocenters. The Morgan fingerprint density at radius 3 is 2.59 bits per heavy atom. The molecule has 4 nitrogen and oxygen atoms in total. The predicted octanol–water partition coefficient (Wildman–Crippen LogP) is 2.11. The average Bonchev–Trinajstić information content (AvgIpc) is 2.71. The Hall–Kier alpha value is -2.56. The number of rotatable bonds is 6. The number of pyridine rings is 1. The summed E-state index contributed by atoms with van der Waals surface area (Å²) in [5.74, 6) is 6.65. The van der Waals surface area contributed by atoms with Crippen LogP contribution in [0.5, 0.6) is 0 Å². The highest BCUT2D eigenvalue weighted by Crippen LogP contribution is 2.14. The average molecular weight is 381 g/mol. The summed E-state index contributed by atoms with van der Waals surface area (Å²) >= 11 is 6.09. The molecule has 0 spiro atoms. The second-order valence-corrected chi connectivity index (χ2v) is 7.18. The monoisotopic (exact) mass is 380 g/mol. The third kappa shape index (κ3) is 5.22. The summed E-state index contributed by atoms with van der Waals surface area (Å²) in [4.78, 5) is 4.09. The van der Waals surface area contributed by atoms with Gasteiger partial charge in [-0.25, -0.2) is 5.84 Å². The maximum Gasteiger partial charge on any atom is 0.121 e. The van der Waals surface area contributed by atoms with Gasteiger partial charge in [0.1, 0.15) is 5.82 Å². The standard InChI is InChI=1S/C22H25ClN4/c1-16(14-17-10-12-25-13-11-17)20-4-2-3-5-21(20)22(27-24)26-15-18-6-8-19(23)9-7-18/h2-8,10-13,19,26-27H,9,14-15,24H2,1H3/b20-16+,22-21-. The van der Waals surface area contributed by atoms with Crippen LogP contribution in [0.1, 0.15) is 18.9 Å². The van der Waals surface area contributed by atoms with E-state index in [1.807, 2.05) is 36.7 Å². The molecule has 1 heterocycles. The number of hydrogen-bond donors (Lipinski definition) is 3. The Morgan fingerprint density at radius 2 is 1.93 bits per heavy atom. The van der Waals surface area contributed by atoms with Gasteiger partial charge >= 0.3 is 0 Å². The highest BCUT2D eigenvalue weighted by atomic mass is 35.5. The molecule has 5 heteroatoms. The third-order valence-electron chi connectivity index (χ3n) is 4.61. The molecule has 27 heavy (non-hydrogen) atoms. The number of aromatic nitrogens is 1. The van der Waals surface area contributed by atoms with Crippen molar-refractivity contribution in [2.24, 2.45) is 5.84 Å². The molecule has 0 saturated heterocycles. The van der Waals surface area contributed by atoms with Crippen molar-refractivity contribution in [2.75, 3.05) is 6.54 Å². The number of allylic oxidation sites excluding steroid dienone is 2. The highest BCUT2D eigenvalue weighted by Gasteiger charge is 2.06. The number of alkyl halides is 1. The maximum absolute atomic E-state index is 6.09. The van der Waals surface area contributed by atoms with Gasteiger partial charge < -0.3 is 10.7 Å². The number of nitrogens with one attached hydrogen (secondary N) is 2. The van der Waals surface area contributed by atoms with E-state index in [2.05, 4.69) is 53.0 Å². The number of benzene rings is 1. The lowest BCUT2D eigenvalue weighted by molar-refractivity contribution is 0.831. The summed E-state index contributed by atoms with van der Waals surface area (Å²) in [6.07, 6.45) is 11.6. The summed E-state index contributed by atoms with van der Waals surface area (Å²) in [6, 6.07) is 12.4. The summed E-state index contributed by atoms with van der Waals surface area (Å²) in [5.41, 5.74) is 6.54. The van der Waals surface area contributed by atoms with Gasteiger partial charge in [0.15, 0.2) is 0 Å². The number of hydrazine groups is 1. The van der Waals surface area contributed by atoms with Crippen molar-refractivity contribution in [3.63, 3.8) is 0 Å². The van der Waals surface area contributed by atoms with E-state index >= 15 is 0 Å². The Morgan fingerprint density at radius 1 is 1.19 bits per heavy atom. The van der Waals surface area contributed by atoms with Gasteiger partial charge in [-0.2, -0.15) is 0 Å². The molecule has 0 amide bonds. The van der Waals surface area contributed by atoms with Crippen LogP contribution in [0.2, 0.25) is 0 Å². The van der Waals surface area contributed by atoms with Crippen LogP contribution in [0, 0.1) is 0 Å². The Kier molecular flexibility index (Phi) is 6.69. The first-order chi connectivity index (χ1) is 13.2. The van der Waals surface area contributed by atoms with Crippen molar-refractivity contribution in [1.29, 1.82) is 0 Å². The molecule has 1 aromatic carbocycles. The van der Waals surface area contributed by atoms with Gasteiger partial charge in [0, 0.05) is 24.2 Å². The lowest BCUT2D eigenvalue weighted by atomic mass is 10.0. The van der Waals surface area contributed by atoms with Crippen LogP contribution in [0.25, 0.3) is 11.4 Å². The smallest absolute Gasteiger partial charge is 0.121 e. The molecule has 140 valence electrons. The van der Waals surface area contributed by atoms with Crippen LogP contribution >= 0.6 is 11.6 Å². The zero-order chi connectivity index (χ0) is 19.1. The summed E-state index contributed by atoms with van der Waals surface area (Å²) in [5, 5.41) is 5.75. The third-order valence-corrected chi connectivity index (χ3v) is 4.94. The fourth-order valence-electron chi connectivity index (χ4n) is 3.16. The van der Waals surface area contributed by atoms with Gasteiger partial charge in [0.05, 0.1) is 5.38 Å². The molecule has 0 aliphatic heterocycles. The first kappa shape index (κ1) is 19.2. The first-order valence-corrected chi connectivity index (χ1v) is 9.51. The highest BCUT2D eigenvalue weighted by molar-refractivity contribution is 6.22. The van der Waals surface area contributed by atoms with E-state index in [1.165, 1.54) is 21.9 Å². The first-order valence-electron chi connectivity index (χ1n) is 9.07. The van der Waals surface area contributed by atoms with E-state index < -0.39 is 0 Å². The molecule has 1 aliphatic carbocycles. The van der Waals surface area contributed by atoms with E-state index in [1.54, 1.807) is 0 Å². The fraction of sp³-hybridized carbons (Fsp3) is 0.227. The predicted molar refractivity (Wildman–Crippen MR) is 113 cm³/mol. The molecule has 1 aliphatic rings. The number of halogens is 1. The maximum atomic E-state index is 6.09. The minimum absolute atomic E-state index is 0.0935. The van der Waals surface area contributed by atoms with E-state index in [0.717, 1.165) is 23.9 Å². The number of hydrogen-bond acceptors (Lipinski definition) is 4. The van der Waals surface area contributed by atoms with E-state index in [9.17, 15) is 0 Å². The molecular weight excluding hydrogens is 356 g/mol. The SMILES string of the molecule is C/C(Cc1ccncc1)=c1/cccc/c1=C(/NN)NCC1=CCC(Cl)C=C1. The van der Waals surface area contributed by atoms with Crippen molar-refractivity contribution in [3.05, 3.63) is 88.6 Å². The lowest BCUT2D eigenvalue weighted by Gasteiger charge is -2.15.